The van der Waals surface area contributed by atoms with Crippen LogP contribution in [0.2, 0.25) is 0 Å². The number of phenols is 1. The van der Waals surface area contributed by atoms with Crippen molar-refractivity contribution in [3.05, 3.63) is 88.3 Å². The fraction of sp³-hybridized carbons (Fsp3) is 0.250. The first-order valence-corrected chi connectivity index (χ1v) is 9.65. The third kappa shape index (κ3) is 3.44. The fourth-order valence-electron chi connectivity index (χ4n) is 4.38. The molecule has 0 saturated carbocycles. The van der Waals surface area contributed by atoms with E-state index in [2.05, 4.69) is 5.32 Å². The summed E-state index contributed by atoms with van der Waals surface area (Å²) in [6.07, 6.45) is 1.10. The van der Waals surface area contributed by atoms with Crippen LogP contribution in [0, 0.1) is 0 Å². The molecule has 1 aliphatic carbocycles. The van der Waals surface area contributed by atoms with Gasteiger partial charge in [0.1, 0.15) is 5.75 Å². The van der Waals surface area contributed by atoms with Gasteiger partial charge in [-0.05, 0) is 42.5 Å². The van der Waals surface area contributed by atoms with E-state index in [1.165, 1.54) is 7.11 Å². The molecule has 2 N–H and O–H groups in total. The number of Topliss-reactive ketones (excluding diaryl/α,β-unsaturated/α-hetero) is 1. The lowest BCUT2D eigenvalue weighted by Crippen LogP contribution is -2.36. The maximum absolute atomic E-state index is 13.3. The van der Waals surface area contributed by atoms with Gasteiger partial charge in [0.15, 0.2) is 5.78 Å². The van der Waals surface area contributed by atoms with Crippen molar-refractivity contribution in [2.45, 2.75) is 31.6 Å². The van der Waals surface area contributed by atoms with Gasteiger partial charge in [-0.25, -0.2) is 4.79 Å². The van der Waals surface area contributed by atoms with E-state index in [0.29, 0.717) is 29.7 Å². The zero-order valence-electron chi connectivity index (χ0n) is 16.4. The van der Waals surface area contributed by atoms with Crippen molar-refractivity contribution in [3.63, 3.8) is 0 Å². The Morgan fingerprint density at radius 3 is 2.38 bits per heavy atom. The minimum Gasteiger partial charge on any atom is -0.508 e. The third-order valence-corrected chi connectivity index (χ3v) is 5.73. The van der Waals surface area contributed by atoms with Crippen molar-refractivity contribution < 1.29 is 19.4 Å². The van der Waals surface area contributed by atoms with Gasteiger partial charge >= 0.3 is 5.97 Å². The summed E-state index contributed by atoms with van der Waals surface area (Å²) in [4.78, 5) is 25.9. The molecule has 0 amide bonds. The Bertz CT molecular complexity index is 1020. The first-order valence-electron chi connectivity index (χ1n) is 9.65. The van der Waals surface area contributed by atoms with Gasteiger partial charge < -0.3 is 15.2 Å². The van der Waals surface area contributed by atoms with Gasteiger partial charge in [0.25, 0.3) is 0 Å². The van der Waals surface area contributed by atoms with Crippen LogP contribution in [-0.4, -0.2) is 24.0 Å². The Labute approximate surface area is 169 Å². The Kier molecular flexibility index (Phi) is 4.97. The molecule has 0 unspecified atom stereocenters. The molecule has 0 fully saturated rings. The molecule has 148 valence electrons. The van der Waals surface area contributed by atoms with Gasteiger partial charge in [0.05, 0.1) is 12.7 Å². The highest BCUT2D eigenvalue weighted by Crippen LogP contribution is 2.45. The summed E-state index contributed by atoms with van der Waals surface area (Å²) in [6, 6.07) is 16.7. The molecule has 1 heterocycles. The topological polar surface area (TPSA) is 75.6 Å². The van der Waals surface area contributed by atoms with Crippen LogP contribution in [0.4, 0.5) is 0 Å². The number of rotatable bonds is 3. The summed E-state index contributed by atoms with van der Waals surface area (Å²) in [5.41, 5.74) is 4.52. The number of ether oxygens (including phenoxy) is 1. The lowest BCUT2D eigenvalue weighted by Gasteiger charge is -2.36. The number of esters is 1. The van der Waals surface area contributed by atoms with Crippen LogP contribution in [0.15, 0.2) is 77.1 Å². The SMILES string of the molecule is COC(=O)C1=C(C)NC2=C(C(=O)C[C@H](c3ccccc3)C2)[C@H]1c1ccc(O)cc1. The number of allylic oxidation sites excluding steroid dienone is 3. The molecule has 29 heavy (non-hydrogen) atoms. The number of hydrogen-bond acceptors (Lipinski definition) is 5. The third-order valence-electron chi connectivity index (χ3n) is 5.73. The van der Waals surface area contributed by atoms with E-state index in [1.54, 1.807) is 24.3 Å². The highest BCUT2D eigenvalue weighted by molar-refractivity contribution is 6.04. The van der Waals surface area contributed by atoms with E-state index in [-0.39, 0.29) is 17.5 Å². The minimum absolute atomic E-state index is 0.0274. The number of dihydropyridines is 1. The first kappa shape index (κ1) is 19.0. The molecular formula is C24H23NO4. The van der Waals surface area contributed by atoms with Crippen molar-refractivity contribution in [3.8, 4) is 5.75 Å². The number of benzene rings is 2. The zero-order valence-corrected chi connectivity index (χ0v) is 16.4. The molecule has 0 radical (unpaired) electrons. The second-order valence-electron chi connectivity index (χ2n) is 7.51. The molecular weight excluding hydrogens is 366 g/mol. The minimum atomic E-state index is -0.511. The van der Waals surface area contributed by atoms with E-state index in [4.69, 9.17) is 4.74 Å². The first-order chi connectivity index (χ1) is 14.0. The second-order valence-corrected chi connectivity index (χ2v) is 7.51. The maximum atomic E-state index is 13.3. The van der Waals surface area contributed by atoms with Crippen LogP contribution in [0.3, 0.4) is 0 Å². The predicted molar refractivity (Wildman–Crippen MR) is 109 cm³/mol. The second kappa shape index (κ2) is 7.59. The van der Waals surface area contributed by atoms with Gasteiger partial charge in [-0.3, -0.25) is 4.79 Å². The molecule has 5 heteroatoms. The smallest absolute Gasteiger partial charge is 0.336 e. The monoisotopic (exact) mass is 389 g/mol. The van der Waals surface area contributed by atoms with Crippen molar-refractivity contribution in [1.82, 2.24) is 5.32 Å². The molecule has 2 aromatic rings. The fourth-order valence-corrected chi connectivity index (χ4v) is 4.38. The van der Waals surface area contributed by atoms with Gasteiger partial charge in [-0.15, -0.1) is 0 Å². The summed E-state index contributed by atoms with van der Waals surface area (Å²) in [5.74, 6) is -0.708. The van der Waals surface area contributed by atoms with Crippen molar-refractivity contribution >= 4 is 11.8 Å². The zero-order chi connectivity index (χ0) is 20.5. The van der Waals surface area contributed by atoms with Crippen LogP contribution < -0.4 is 5.32 Å². The summed E-state index contributed by atoms with van der Waals surface area (Å²) < 4.78 is 5.02. The van der Waals surface area contributed by atoms with E-state index >= 15 is 0 Å². The molecule has 4 rings (SSSR count). The summed E-state index contributed by atoms with van der Waals surface area (Å²) >= 11 is 0. The molecule has 2 aliphatic rings. The average Bonchev–Trinajstić information content (AvgIpc) is 2.73. The number of carbonyl (C=O) groups is 2. The van der Waals surface area contributed by atoms with Gasteiger partial charge in [-0.1, -0.05) is 42.5 Å². The summed E-state index contributed by atoms with van der Waals surface area (Å²) in [7, 11) is 1.34. The number of phenolic OH excluding ortho intramolecular Hbond substituents is 1. The number of ketones is 1. The molecule has 0 bridgehead atoms. The lowest BCUT2D eigenvalue weighted by atomic mass is 9.72. The van der Waals surface area contributed by atoms with Crippen LogP contribution in [-0.2, 0) is 14.3 Å². The molecule has 0 saturated heterocycles. The normalized spacial score (nSPS) is 21.5. The van der Waals surface area contributed by atoms with Crippen molar-refractivity contribution in [2.75, 3.05) is 7.11 Å². The van der Waals surface area contributed by atoms with Crippen LogP contribution >= 0.6 is 0 Å². The summed E-state index contributed by atoms with van der Waals surface area (Å²) in [6.45, 7) is 1.83. The maximum Gasteiger partial charge on any atom is 0.336 e. The molecule has 0 spiro atoms. The number of aromatic hydroxyl groups is 1. The highest BCUT2D eigenvalue weighted by Gasteiger charge is 2.41. The Morgan fingerprint density at radius 1 is 1.03 bits per heavy atom. The summed E-state index contributed by atoms with van der Waals surface area (Å²) in [5, 5.41) is 13.0. The predicted octanol–water partition coefficient (Wildman–Crippen LogP) is 3.93. The molecule has 1 aliphatic heterocycles. The number of hydrogen-bond donors (Lipinski definition) is 2. The Hall–Kier alpha value is -3.34. The molecule has 5 nitrogen and oxygen atoms in total. The Balaban J connectivity index is 1.81. The quantitative estimate of drug-likeness (QED) is 0.778. The van der Waals surface area contributed by atoms with Gasteiger partial charge in [0, 0.05) is 29.3 Å². The van der Waals surface area contributed by atoms with Gasteiger partial charge in [0.2, 0.25) is 0 Å². The Morgan fingerprint density at radius 2 is 1.72 bits per heavy atom. The van der Waals surface area contributed by atoms with E-state index in [9.17, 15) is 14.7 Å². The van der Waals surface area contributed by atoms with E-state index < -0.39 is 11.9 Å². The van der Waals surface area contributed by atoms with Crippen LogP contribution in [0.25, 0.3) is 0 Å². The van der Waals surface area contributed by atoms with Crippen LogP contribution in [0.1, 0.15) is 42.7 Å². The number of methoxy groups -OCH3 is 1. The van der Waals surface area contributed by atoms with Crippen molar-refractivity contribution in [1.29, 1.82) is 0 Å². The lowest BCUT2D eigenvalue weighted by molar-refractivity contribution is -0.136. The van der Waals surface area contributed by atoms with Crippen molar-refractivity contribution in [2.24, 2.45) is 0 Å². The van der Waals surface area contributed by atoms with Crippen LogP contribution in [0.5, 0.6) is 5.75 Å². The number of nitrogens with one attached hydrogen (secondary N) is 1. The highest BCUT2D eigenvalue weighted by atomic mass is 16.5. The largest absolute Gasteiger partial charge is 0.508 e. The van der Waals surface area contributed by atoms with E-state index in [0.717, 1.165) is 16.8 Å². The number of carbonyl (C=O) groups excluding carboxylic acids is 2. The molecule has 2 aromatic carbocycles. The molecule has 2 atom stereocenters. The average molecular weight is 389 g/mol. The standard InChI is InChI=1S/C24H23NO4/c1-14-21(24(28)29-2)22(16-8-10-18(26)11-9-16)23-19(25-14)12-17(13-20(23)27)15-6-4-3-5-7-15/h3-11,17,22,25-26H,12-13H2,1-2H3/t17-,22+/m1/s1. The molecule has 0 aromatic heterocycles. The van der Waals surface area contributed by atoms with E-state index in [1.807, 2.05) is 37.3 Å². The van der Waals surface area contributed by atoms with Gasteiger partial charge in [-0.2, -0.15) is 0 Å².